The Morgan fingerprint density at radius 2 is 2.00 bits per heavy atom. The Hall–Kier alpha value is -2.15. The third-order valence-corrected chi connectivity index (χ3v) is 5.07. The first-order valence-corrected chi connectivity index (χ1v) is 9.94. The molecule has 1 atom stereocenters. The van der Waals surface area contributed by atoms with E-state index in [1.165, 1.54) is 6.26 Å². The quantitative estimate of drug-likeness (QED) is 0.801. The highest BCUT2D eigenvalue weighted by atomic mass is 32.2. The van der Waals surface area contributed by atoms with Crippen molar-refractivity contribution in [1.29, 1.82) is 0 Å². The predicted octanol–water partition coefficient (Wildman–Crippen LogP) is 2.38. The first-order valence-electron chi connectivity index (χ1n) is 7.87. The summed E-state index contributed by atoms with van der Waals surface area (Å²) in [5.74, 6) is -0.223. The van der Waals surface area contributed by atoms with Crippen LogP contribution in [-0.4, -0.2) is 48.5 Å². The van der Waals surface area contributed by atoms with Crippen LogP contribution in [0.15, 0.2) is 40.9 Å². The summed E-state index contributed by atoms with van der Waals surface area (Å²) in [5.41, 5.74) is 1.45. The highest BCUT2D eigenvalue weighted by molar-refractivity contribution is 7.90. The van der Waals surface area contributed by atoms with Gasteiger partial charge in [-0.1, -0.05) is 35.5 Å². The van der Waals surface area contributed by atoms with Gasteiger partial charge < -0.3 is 9.42 Å². The van der Waals surface area contributed by atoms with Gasteiger partial charge in [0.25, 0.3) is 5.91 Å². The van der Waals surface area contributed by atoms with Crippen LogP contribution in [0.5, 0.6) is 0 Å². The molecule has 1 saturated carbocycles. The van der Waals surface area contributed by atoms with E-state index >= 15 is 0 Å². The van der Waals surface area contributed by atoms with Gasteiger partial charge in [0, 0.05) is 30.0 Å². The summed E-state index contributed by atoms with van der Waals surface area (Å²) in [7, 11) is -3.17. The van der Waals surface area contributed by atoms with Crippen molar-refractivity contribution in [2.45, 2.75) is 31.8 Å². The molecule has 1 aliphatic carbocycles. The lowest BCUT2D eigenvalue weighted by atomic mass is 10.1. The largest absolute Gasteiger partial charge is 0.350 e. The van der Waals surface area contributed by atoms with Crippen LogP contribution in [0.2, 0.25) is 0 Å². The van der Waals surface area contributed by atoms with Gasteiger partial charge in [-0.25, -0.2) is 8.42 Å². The monoisotopic (exact) mass is 348 g/mol. The lowest BCUT2D eigenvalue weighted by molar-refractivity contribution is 0.0650. The summed E-state index contributed by atoms with van der Waals surface area (Å²) >= 11 is 0. The van der Waals surface area contributed by atoms with E-state index in [4.69, 9.17) is 4.52 Å². The molecule has 0 saturated heterocycles. The van der Waals surface area contributed by atoms with Crippen molar-refractivity contribution in [1.82, 2.24) is 10.1 Å². The van der Waals surface area contributed by atoms with Crippen LogP contribution >= 0.6 is 0 Å². The summed E-state index contributed by atoms with van der Waals surface area (Å²) in [4.78, 5) is 14.4. The summed E-state index contributed by atoms with van der Waals surface area (Å²) in [5, 5.41) is 3.96. The Kier molecular flexibility index (Phi) is 4.45. The fourth-order valence-electron chi connectivity index (χ4n) is 2.85. The maximum absolute atomic E-state index is 12.8. The second-order valence-corrected chi connectivity index (χ2v) is 8.51. The molecule has 1 heterocycles. The molecule has 0 spiro atoms. The zero-order valence-corrected chi connectivity index (χ0v) is 14.5. The van der Waals surface area contributed by atoms with Gasteiger partial charge in [-0.3, -0.25) is 4.79 Å². The van der Waals surface area contributed by atoms with Crippen LogP contribution in [-0.2, 0) is 9.84 Å². The Bertz CT molecular complexity index is 825. The molecule has 0 unspecified atom stereocenters. The van der Waals surface area contributed by atoms with Crippen LogP contribution < -0.4 is 0 Å². The Labute approximate surface area is 141 Å². The number of rotatable bonds is 6. The van der Waals surface area contributed by atoms with Crippen molar-refractivity contribution in [3.05, 3.63) is 42.2 Å². The second kappa shape index (κ2) is 6.39. The first-order chi connectivity index (χ1) is 11.3. The van der Waals surface area contributed by atoms with Gasteiger partial charge in [0.05, 0.1) is 5.75 Å². The van der Waals surface area contributed by atoms with E-state index in [0.717, 1.165) is 18.4 Å². The Morgan fingerprint density at radius 1 is 1.33 bits per heavy atom. The smallest absolute Gasteiger partial charge is 0.293 e. The van der Waals surface area contributed by atoms with Crippen molar-refractivity contribution in [2.24, 2.45) is 0 Å². The molecule has 7 heteroatoms. The first kappa shape index (κ1) is 16.7. The van der Waals surface area contributed by atoms with Crippen molar-refractivity contribution in [2.75, 3.05) is 12.0 Å². The summed E-state index contributed by atoms with van der Waals surface area (Å²) in [6.45, 7) is 1.76. The van der Waals surface area contributed by atoms with E-state index in [9.17, 15) is 13.2 Å². The zero-order chi connectivity index (χ0) is 17.3. The average Bonchev–Trinajstić information content (AvgIpc) is 3.21. The molecule has 24 heavy (non-hydrogen) atoms. The van der Waals surface area contributed by atoms with E-state index in [1.807, 2.05) is 30.3 Å². The van der Waals surface area contributed by atoms with Gasteiger partial charge in [0.1, 0.15) is 15.5 Å². The van der Waals surface area contributed by atoms with Crippen molar-refractivity contribution in [3.63, 3.8) is 0 Å². The molecule has 0 N–H and O–H groups in total. The molecular weight excluding hydrogens is 328 g/mol. The molecule has 0 radical (unpaired) electrons. The fraction of sp³-hybridized carbons (Fsp3) is 0.412. The predicted molar refractivity (Wildman–Crippen MR) is 90.3 cm³/mol. The number of carbonyl (C=O) groups excluding carboxylic acids is 1. The number of aromatic nitrogens is 1. The molecule has 3 rings (SSSR count). The maximum atomic E-state index is 12.8. The number of hydrogen-bond donors (Lipinski definition) is 0. The number of nitrogens with zero attached hydrogens (tertiary/aromatic N) is 2. The van der Waals surface area contributed by atoms with Crippen molar-refractivity contribution < 1.29 is 17.7 Å². The highest BCUT2D eigenvalue weighted by Crippen LogP contribution is 2.31. The van der Waals surface area contributed by atoms with Crippen LogP contribution in [0.4, 0.5) is 0 Å². The molecule has 1 aromatic heterocycles. The number of carbonyl (C=O) groups is 1. The molecule has 6 nitrogen and oxygen atoms in total. The van der Waals surface area contributed by atoms with E-state index < -0.39 is 15.9 Å². The van der Waals surface area contributed by atoms with Gasteiger partial charge in [0.2, 0.25) is 5.76 Å². The third kappa shape index (κ3) is 3.84. The summed E-state index contributed by atoms with van der Waals surface area (Å²) < 4.78 is 28.4. The molecule has 1 fully saturated rings. The molecule has 0 bridgehead atoms. The second-order valence-electron chi connectivity index (χ2n) is 6.33. The van der Waals surface area contributed by atoms with Gasteiger partial charge in [-0.05, 0) is 19.8 Å². The SMILES string of the molecule is C[C@@H](CS(C)(=O)=O)N(C(=O)c1cc(-c2ccccc2)no1)C1CC1. The molecule has 1 aromatic carbocycles. The van der Waals surface area contributed by atoms with Gasteiger partial charge in [-0.2, -0.15) is 0 Å². The maximum Gasteiger partial charge on any atom is 0.293 e. The van der Waals surface area contributed by atoms with Crippen LogP contribution in [0, 0.1) is 0 Å². The lowest BCUT2D eigenvalue weighted by Crippen LogP contribution is -2.43. The standard InChI is InChI=1S/C17H20N2O4S/c1-12(11-24(2,21)22)19(14-8-9-14)17(20)16-10-15(18-23-16)13-6-4-3-5-7-13/h3-7,10,12,14H,8-9,11H2,1-2H3/t12-/m0/s1. The molecule has 128 valence electrons. The minimum Gasteiger partial charge on any atom is -0.350 e. The average molecular weight is 348 g/mol. The zero-order valence-electron chi connectivity index (χ0n) is 13.7. The normalized spacial score (nSPS) is 15.9. The van der Waals surface area contributed by atoms with Crippen molar-refractivity contribution >= 4 is 15.7 Å². The van der Waals surface area contributed by atoms with Crippen LogP contribution in [0.3, 0.4) is 0 Å². The van der Waals surface area contributed by atoms with E-state index in [1.54, 1.807) is 17.9 Å². The summed E-state index contributed by atoms with van der Waals surface area (Å²) in [6.07, 6.45) is 2.96. The molecule has 1 amide bonds. The highest BCUT2D eigenvalue weighted by Gasteiger charge is 2.38. The molecular formula is C17H20N2O4S. The minimum atomic E-state index is -3.17. The van der Waals surface area contributed by atoms with Gasteiger partial charge in [0.15, 0.2) is 0 Å². The third-order valence-electron chi connectivity index (χ3n) is 3.98. The number of amides is 1. The van der Waals surface area contributed by atoms with E-state index in [2.05, 4.69) is 5.16 Å². The van der Waals surface area contributed by atoms with E-state index in [-0.39, 0.29) is 23.5 Å². The van der Waals surface area contributed by atoms with Crippen LogP contribution in [0.1, 0.15) is 30.3 Å². The molecule has 0 aliphatic heterocycles. The van der Waals surface area contributed by atoms with Crippen molar-refractivity contribution in [3.8, 4) is 11.3 Å². The van der Waals surface area contributed by atoms with Gasteiger partial charge in [-0.15, -0.1) is 0 Å². The lowest BCUT2D eigenvalue weighted by Gasteiger charge is -2.27. The number of sulfone groups is 1. The fourth-order valence-corrected chi connectivity index (χ4v) is 3.88. The molecule has 2 aromatic rings. The summed E-state index contributed by atoms with van der Waals surface area (Å²) in [6, 6.07) is 10.7. The Morgan fingerprint density at radius 3 is 2.58 bits per heavy atom. The van der Waals surface area contributed by atoms with Gasteiger partial charge >= 0.3 is 0 Å². The topological polar surface area (TPSA) is 80.5 Å². The van der Waals surface area contributed by atoms with Crippen LogP contribution in [0.25, 0.3) is 11.3 Å². The Balaban J connectivity index is 1.82. The van der Waals surface area contributed by atoms with E-state index in [0.29, 0.717) is 5.69 Å². The number of benzene rings is 1. The minimum absolute atomic E-state index is 0.0606. The molecule has 1 aliphatic rings. The number of hydrogen-bond acceptors (Lipinski definition) is 5.